The number of H-pyrrole nitrogens is 1. The van der Waals surface area contributed by atoms with Gasteiger partial charge in [-0.3, -0.25) is 0 Å². The van der Waals surface area contributed by atoms with Crippen molar-refractivity contribution in [1.29, 1.82) is 0 Å². The summed E-state index contributed by atoms with van der Waals surface area (Å²) in [6, 6.07) is 9.92. The Balaban J connectivity index is 2.42. The van der Waals surface area contributed by atoms with E-state index < -0.39 is 21.8 Å². The zero-order valence-corrected chi connectivity index (χ0v) is 16.1. The van der Waals surface area contributed by atoms with Crippen LogP contribution in [0.1, 0.15) is 5.56 Å². The Morgan fingerprint density at radius 2 is 1.77 bits per heavy atom. The molecule has 0 amide bonds. The van der Waals surface area contributed by atoms with Gasteiger partial charge in [0.25, 0.3) is 0 Å². The molecule has 0 bridgehead atoms. The van der Waals surface area contributed by atoms with Gasteiger partial charge in [-0.2, -0.15) is 13.2 Å². The van der Waals surface area contributed by atoms with E-state index in [0.29, 0.717) is 11.1 Å². The molecule has 2 aromatic carbocycles. The average molecular weight is 447 g/mol. The second-order valence-corrected chi connectivity index (χ2v) is 8.89. The number of aromatic nitrogens is 1. The summed E-state index contributed by atoms with van der Waals surface area (Å²) >= 11 is 3.32. The van der Waals surface area contributed by atoms with Crippen LogP contribution in [-0.4, -0.2) is 31.8 Å². The van der Waals surface area contributed by atoms with Crippen LogP contribution in [-0.2, 0) is 16.2 Å². The number of hydrogen-bond donors (Lipinski definition) is 1. The summed E-state index contributed by atoms with van der Waals surface area (Å²) in [5, 5.41) is 0.00324. The quantitative estimate of drug-likeness (QED) is 0.623. The van der Waals surface area contributed by atoms with Crippen LogP contribution in [0.2, 0.25) is 0 Å². The van der Waals surface area contributed by atoms with Gasteiger partial charge in [0.15, 0.2) is 0 Å². The maximum Gasteiger partial charge on any atom is 0.416 e. The lowest BCUT2D eigenvalue weighted by Gasteiger charge is -2.13. The third kappa shape index (κ3) is 3.26. The van der Waals surface area contributed by atoms with Crippen molar-refractivity contribution in [1.82, 2.24) is 9.29 Å². The molecule has 3 aromatic rings. The van der Waals surface area contributed by atoms with Gasteiger partial charge in [-0.1, -0.05) is 28.1 Å². The summed E-state index contributed by atoms with van der Waals surface area (Å²) in [5.74, 6) is 0. The Labute approximate surface area is 156 Å². The van der Waals surface area contributed by atoms with Crippen LogP contribution in [0.4, 0.5) is 13.2 Å². The molecule has 3 rings (SSSR count). The summed E-state index contributed by atoms with van der Waals surface area (Å²) in [5.41, 5.74) is 0.201. The largest absolute Gasteiger partial charge is 0.416 e. The lowest BCUT2D eigenvalue weighted by atomic mass is 10.1. The van der Waals surface area contributed by atoms with Crippen molar-refractivity contribution in [3.63, 3.8) is 0 Å². The molecule has 0 saturated carbocycles. The molecule has 0 spiro atoms. The predicted molar refractivity (Wildman–Crippen MR) is 97.3 cm³/mol. The molecule has 0 unspecified atom stereocenters. The lowest BCUT2D eigenvalue weighted by molar-refractivity contribution is -0.137. The molecule has 1 N–H and O–H groups in total. The smallest absolute Gasteiger partial charge is 0.353 e. The van der Waals surface area contributed by atoms with Gasteiger partial charge in [-0.15, -0.1) is 0 Å². The molecule has 138 valence electrons. The van der Waals surface area contributed by atoms with Gasteiger partial charge < -0.3 is 4.98 Å². The molecule has 0 aliphatic heterocycles. The van der Waals surface area contributed by atoms with Crippen molar-refractivity contribution in [3.05, 3.63) is 52.5 Å². The first-order valence-electron chi connectivity index (χ1n) is 7.43. The molecule has 26 heavy (non-hydrogen) atoms. The standard InChI is InChI=1S/C17H14BrF3N2O2S/c1-23(2)26(24,25)16-13-9-11(17(19,20)21)6-7-14(13)22-15(16)10-4-3-5-12(18)8-10/h3-9,22H,1-2H3. The number of halogens is 4. The van der Waals surface area contributed by atoms with Gasteiger partial charge in [-0.25, -0.2) is 12.7 Å². The maximum absolute atomic E-state index is 13.1. The van der Waals surface area contributed by atoms with Crippen LogP contribution in [0.5, 0.6) is 0 Å². The van der Waals surface area contributed by atoms with E-state index in [0.717, 1.165) is 20.9 Å². The van der Waals surface area contributed by atoms with E-state index in [-0.39, 0.29) is 16.0 Å². The van der Waals surface area contributed by atoms with Crippen LogP contribution in [0.3, 0.4) is 0 Å². The summed E-state index contributed by atoms with van der Waals surface area (Å²) in [6.45, 7) is 0. The first-order valence-corrected chi connectivity index (χ1v) is 9.66. The molecule has 0 aliphatic rings. The highest BCUT2D eigenvalue weighted by Gasteiger charge is 2.33. The summed E-state index contributed by atoms with van der Waals surface area (Å²) < 4.78 is 66.8. The molecule has 0 atom stereocenters. The number of fused-ring (bicyclic) bond motifs is 1. The highest BCUT2D eigenvalue weighted by atomic mass is 79.9. The number of nitrogens with one attached hydrogen (secondary N) is 1. The zero-order valence-electron chi connectivity index (χ0n) is 13.7. The topological polar surface area (TPSA) is 53.2 Å². The number of benzene rings is 2. The Bertz CT molecular complexity index is 1090. The minimum absolute atomic E-state index is 0.00324. The Morgan fingerprint density at radius 1 is 1.08 bits per heavy atom. The second-order valence-electron chi connectivity index (χ2n) is 5.89. The van der Waals surface area contributed by atoms with Gasteiger partial charge in [0.2, 0.25) is 10.0 Å². The number of alkyl halides is 3. The molecule has 1 aromatic heterocycles. The summed E-state index contributed by atoms with van der Waals surface area (Å²) in [4.78, 5) is 2.77. The molecule has 4 nitrogen and oxygen atoms in total. The summed E-state index contributed by atoms with van der Waals surface area (Å²) in [7, 11) is -1.32. The fourth-order valence-corrected chi connectivity index (χ4v) is 4.28. The molecular weight excluding hydrogens is 433 g/mol. The minimum Gasteiger partial charge on any atom is -0.353 e. The van der Waals surface area contributed by atoms with Gasteiger partial charge in [0, 0.05) is 35.0 Å². The molecule has 0 radical (unpaired) electrons. The van der Waals surface area contributed by atoms with E-state index in [2.05, 4.69) is 20.9 Å². The van der Waals surface area contributed by atoms with Gasteiger partial charge >= 0.3 is 6.18 Å². The van der Waals surface area contributed by atoms with Crippen molar-refractivity contribution < 1.29 is 21.6 Å². The van der Waals surface area contributed by atoms with Crippen molar-refractivity contribution in [3.8, 4) is 11.3 Å². The average Bonchev–Trinajstić information content (AvgIpc) is 2.93. The third-order valence-corrected chi connectivity index (χ3v) is 6.32. The minimum atomic E-state index is -4.57. The normalized spacial score (nSPS) is 12.9. The van der Waals surface area contributed by atoms with Crippen molar-refractivity contribution >= 4 is 36.9 Å². The molecule has 9 heteroatoms. The number of rotatable bonds is 3. The lowest BCUT2D eigenvalue weighted by Crippen LogP contribution is -2.22. The van der Waals surface area contributed by atoms with Crippen molar-refractivity contribution in [2.75, 3.05) is 14.1 Å². The molecule has 1 heterocycles. The number of sulfonamides is 1. The Hall–Kier alpha value is -1.84. The Kier molecular flexibility index (Phi) is 4.66. The van der Waals surface area contributed by atoms with Gasteiger partial charge in [0.05, 0.1) is 11.3 Å². The van der Waals surface area contributed by atoms with Crippen molar-refractivity contribution in [2.45, 2.75) is 11.1 Å². The number of aromatic amines is 1. The third-order valence-electron chi connectivity index (χ3n) is 3.93. The second kappa shape index (κ2) is 6.40. The van der Waals surface area contributed by atoms with E-state index in [1.54, 1.807) is 24.3 Å². The van der Waals surface area contributed by atoms with Crippen LogP contribution in [0.15, 0.2) is 51.8 Å². The van der Waals surface area contributed by atoms with Crippen LogP contribution in [0.25, 0.3) is 22.2 Å². The summed E-state index contributed by atoms with van der Waals surface area (Å²) in [6.07, 6.45) is -4.57. The molecular formula is C17H14BrF3N2O2S. The Morgan fingerprint density at radius 3 is 2.35 bits per heavy atom. The van der Waals surface area contributed by atoms with Crippen molar-refractivity contribution in [2.24, 2.45) is 0 Å². The number of nitrogens with zero attached hydrogens (tertiary/aromatic N) is 1. The van der Waals surface area contributed by atoms with E-state index in [4.69, 9.17) is 0 Å². The highest BCUT2D eigenvalue weighted by molar-refractivity contribution is 9.10. The van der Waals surface area contributed by atoms with E-state index >= 15 is 0 Å². The SMILES string of the molecule is CN(C)S(=O)(=O)c1c(-c2cccc(Br)c2)[nH]c2ccc(C(F)(F)F)cc12. The van der Waals surface area contributed by atoms with E-state index in [1.165, 1.54) is 20.2 Å². The fraction of sp³-hybridized carbons (Fsp3) is 0.176. The van der Waals surface area contributed by atoms with E-state index in [9.17, 15) is 21.6 Å². The van der Waals surface area contributed by atoms with Gasteiger partial charge in [-0.05, 0) is 30.3 Å². The zero-order chi connectivity index (χ0) is 19.3. The highest BCUT2D eigenvalue weighted by Crippen LogP contribution is 2.39. The van der Waals surface area contributed by atoms with Gasteiger partial charge in [0.1, 0.15) is 4.90 Å². The van der Waals surface area contributed by atoms with E-state index in [1.807, 2.05) is 0 Å². The van der Waals surface area contributed by atoms with Crippen LogP contribution >= 0.6 is 15.9 Å². The monoisotopic (exact) mass is 446 g/mol. The van der Waals surface area contributed by atoms with Crippen LogP contribution in [0, 0.1) is 0 Å². The molecule has 0 aliphatic carbocycles. The first kappa shape index (κ1) is 18.9. The first-order chi connectivity index (χ1) is 12.0. The predicted octanol–water partition coefficient (Wildman–Crippen LogP) is 4.87. The maximum atomic E-state index is 13.1. The number of hydrogen-bond acceptors (Lipinski definition) is 2. The van der Waals surface area contributed by atoms with Crippen LogP contribution < -0.4 is 0 Å². The molecule has 0 fully saturated rings. The molecule has 0 saturated heterocycles. The fourth-order valence-electron chi connectivity index (χ4n) is 2.64.